The molecule has 2 heterocycles. The Kier molecular flexibility index (Phi) is 3.53. The van der Waals surface area contributed by atoms with Crippen LogP contribution in [-0.2, 0) is 7.05 Å². The first-order valence-corrected chi connectivity index (χ1v) is 6.89. The van der Waals surface area contributed by atoms with Gasteiger partial charge in [-0.1, -0.05) is 29.3 Å². The van der Waals surface area contributed by atoms with Gasteiger partial charge in [0.2, 0.25) is 0 Å². The highest BCUT2D eigenvalue weighted by Gasteiger charge is 2.19. The molecule has 0 aliphatic heterocycles. The van der Waals surface area contributed by atoms with Crippen molar-refractivity contribution in [1.29, 1.82) is 0 Å². The lowest BCUT2D eigenvalue weighted by Crippen LogP contribution is -1.98. The van der Waals surface area contributed by atoms with E-state index in [1.807, 2.05) is 6.07 Å². The summed E-state index contributed by atoms with van der Waals surface area (Å²) >= 11 is 12.1. The number of hydrogen-bond acceptors (Lipinski definition) is 4. The minimum atomic E-state index is 0.456. The molecule has 2 N–H and O–H groups in total. The minimum absolute atomic E-state index is 0.456. The van der Waals surface area contributed by atoms with Gasteiger partial charge in [-0.3, -0.25) is 4.68 Å². The molecular formula is C14H11Cl2N5. The number of benzene rings is 1. The van der Waals surface area contributed by atoms with Crippen LogP contribution >= 0.6 is 23.2 Å². The van der Waals surface area contributed by atoms with E-state index in [1.165, 1.54) is 0 Å². The fourth-order valence-corrected chi connectivity index (χ4v) is 2.35. The van der Waals surface area contributed by atoms with Gasteiger partial charge in [0.15, 0.2) is 5.82 Å². The van der Waals surface area contributed by atoms with Crippen LogP contribution < -0.4 is 5.73 Å². The highest BCUT2D eigenvalue weighted by atomic mass is 35.5. The molecule has 0 radical (unpaired) electrons. The van der Waals surface area contributed by atoms with Gasteiger partial charge in [-0.2, -0.15) is 5.10 Å². The predicted molar refractivity (Wildman–Crippen MR) is 84.1 cm³/mol. The maximum atomic E-state index is 6.13. The summed E-state index contributed by atoms with van der Waals surface area (Å²) in [5.41, 5.74) is 8.29. The topological polar surface area (TPSA) is 69.6 Å². The summed E-state index contributed by atoms with van der Waals surface area (Å²) in [5.74, 6) is 1.02. The summed E-state index contributed by atoms with van der Waals surface area (Å²) in [6.45, 7) is 0. The molecule has 7 heteroatoms. The Morgan fingerprint density at radius 2 is 1.81 bits per heavy atom. The Morgan fingerprint density at radius 3 is 2.48 bits per heavy atom. The van der Waals surface area contributed by atoms with Gasteiger partial charge in [-0.05, 0) is 23.8 Å². The molecule has 0 saturated carbocycles. The van der Waals surface area contributed by atoms with E-state index < -0.39 is 0 Å². The normalized spacial score (nSPS) is 10.8. The van der Waals surface area contributed by atoms with Gasteiger partial charge in [-0.25, -0.2) is 9.97 Å². The van der Waals surface area contributed by atoms with E-state index in [0.717, 1.165) is 11.1 Å². The SMILES string of the molecule is Cn1nc(-c2ncccn2)c(-c2ccc(Cl)c(Cl)c2)c1N. The first-order chi connectivity index (χ1) is 10.1. The van der Waals surface area contributed by atoms with Gasteiger partial charge in [-0.15, -0.1) is 0 Å². The molecule has 1 aromatic carbocycles. The third-order valence-electron chi connectivity index (χ3n) is 3.08. The van der Waals surface area contributed by atoms with Crippen LogP contribution in [0.15, 0.2) is 36.7 Å². The molecular weight excluding hydrogens is 309 g/mol. The Bertz CT molecular complexity index is 799. The van der Waals surface area contributed by atoms with E-state index in [-0.39, 0.29) is 0 Å². The van der Waals surface area contributed by atoms with Crippen molar-refractivity contribution in [3.8, 4) is 22.6 Å². The third kappa shape index (κ3) is 2.46. The molecule has 0 amide bonds. The largest absolute Gasteiger partial charge is 0.383 e. The van der Waals surface area contributed by atoms with E-state index in [0.29, 0.717) is 27.4 Å². The number of nitrogens with two attached hydrogens (primary N) is 1. The third-order valence-corrected chi connectivity index (χ3v) is 3.82. The van der Waals surface area contributed by atoms with Crippen molar-refractivity contribution in [2.45, 2.75) is 0 Å². The Labute approximate surface area is 131 Å². The Morgan fingerprint density at radius 1 is 1.10 bits per heavy atom. The zero-order chi connectivity index (χ0) is 15.0. The first kappa shape index (κ1) is 13.9. The van der Waals surface area contributed by atoms with Crippen LogP contribution in [0.5, 0.6) is 0 Å². The fraction of sp³-hybridized carbons (Fsp3) is 0.0714. The fourth-order valence-electron chi connectivity index (χ4n) is 2.05. The van der Waals surface area contributed by atoms with Gasteiger partial charge in [0, 0.05) is 19.4 Å². The highest BCUT2D eigenvalue weighted by Crippen LogP contribution is 2.36. The van der Waals surface area contributed by atoms with Gasteiger partial charge >= 0.3 is 0 Å². The van der Waals surface area contributed by atoms with Crippen molar-refractivity contribution in [2.75, 3.05) is 5.73 Å². The molecule has 0 spiro atoms. The van der Waals surface area contributed by atoms with E-state index in [9.17, 15) is 0 Å². The first-order valence-electron chi connectivity index (χ1n) is 6.13. The Balaban J connectivity index is 2.24. The van der Waals surface area contributed by atoms with E-state index in [1.54, 1.807) is 42.3 Å². The maximum absolute atomic E-state index is 6.13. The second kappa shape index (κ2) is 5.35. The molecule has 21 heavy (non-hydrogen) atoms. The van der Waals surface area contributed by atoms with Crippen LogP contribution in [0.25, 0.3) is 22.6 Å². The molecule has 0 bridgehead atoms. The smallest absolute Gasteiger partial charge is 0.180 e. The summed E-state index contributed by atoms with van der Waals surface area (Å²) < 4.78 is 1.59. The van der Waals surface area contributed by atoms with Crippen molar-refractivity contribution in [3.05, 3.63) is 46.7 Å². The number of rotatable bonds is 2. The van der Waals surface area contributed by atoms with Crippen molar-refractivity contribution >= 4 is 29.0 Å². The van der Waals surface area contributed by atoms with Gasteiger partial charge in [0.1, 0.15) is 11.5 Å². The van der Waals surface area contributed by atoms with Crippen molar-refractivity contribution in [2.24, 2.45) is 7.05 Å². The molecule has 2 aromatic heterocycles. The molecule has 0 atom stereocenters. The highest BCUT2D eigenvalue weighted by molar-refractivity contribution is 6.42. The van der Waals surface area contributed by atoms with Crippen LogP contribution in [0.2, 0.25) is 10.0 Å². The number of hydrogen-bond donors (Lipinski definition) is 1. The Hall–Kier alpha value is -2.11. The van der Waals surface area contributed by atoms with E-state index in [4.69, 9.17) is 28.9 Å². The lowest BCUT2D eigenvalue weighted by molar-refractivity contribution is 0.780. The minimum Gasteiger partial charge on any atom is -0.383 e. The monoisotopic (exact) mass is 319 g/mol. The molecule has 0 saturated heterocycles. The number of halogens is 2. The second-order valence-electron chi connectivity index (χ2n) is 4.43. The summed E-state index contributed by atoms with van der Waals surface area (Å²) in [7, 11) is 1.77. The van der Waals surface area contributed by atoms with Crippen LogP contribution in [0.4, 0.5) is 5.82 Å². The zero-order valence-corrected chi connectivity index (χ0v) is 12.6. The van der Waals surface area contributed by atoms with Crippen LogP contribution in [-0.4, -0.2) is 19.7 Å². The van der Waals surface area contributed by atoms with E-state index in [2.05, 4.69) is 15.1 Å². The van der Waals surface area contributed by atoms with Crippen LogP contribution in [0, 0.1) is 0 Å². The second-order valence-corrected chi connectivity index (χ2v) is 5.25. The van der Waals surface area contributed by atoms with Crippen molar-refractivity contribution < 1.29 is 0 Å². The lowest BCUT2D eigenvalue weighted by Gasteiger charge is -2.05. The molecule has 106 valence electrons. The average molecular weight is 320 g/mol. The molecule has 0 aliphatic rings. The van der Waals surface area contributed by atoms with Crippen molar-refractivity contribution in [3.63, 3.8) is 0 Å². The number of anilines is 1. The quantitative estimate of drug-likeness (QED) is 0.785. The number of nitrogen functional groups attached to an aromatic ring is 1. The average Bonchev–Trinajstić information content (AvgIpc) is 2.79. The van der Waals surface area contributed by atoms with Gasteiger partial charge in [0.25, 0.3) is 0 Å². The van der Waals surface area contributed by atoms with Gasteiger partial charge < -0.3 is 5.73 Å². The summed E-state index contributed by atoms with van der Waals surface area (Å²) in [4.78, 5) is 8.46. The van der Waals surface area contributed by atoms with Gasteiger partial charge in [0.05, 0.1) is 15.6 Å². The molecule has 0 fully saturated rings. The molecule has 5 nitrogen and oxygen atoms in total. The lowest BCUT2D eigenvalue weighted by atomic mass is 10.0. The van der Waals surface area contributed by atoms with Crippen LogP contribution in [0.3, 0.4) is 0 Å². The summed E-state index contributed by atoms with van der Waals surface area (Å²) in [6.07, 6.45) is 3.32. The molecule has 3 rings (SSSR count). The summed E-state index contributed by atoms with van der Waals surface area (Å²) in [5, 5.41) is 5.34. The number of nitrogens with zero attached hydrogens (tertiary/aromatic N) is 4. The summed E-state index contributed by atoms with van der Waals surface area (Å²) in [6, 6.07) is 7.06. The van der Waals surface area contributed by atoms with Crippen molar-refractivity contribution in [1.82, 2.24) is 19.7 Å². The standard InChI is InChI=1S/C14H11Cl2N5/c1-21-13(17)11(8-3-4-9(15)10(16)7-8)12(20-21)14-18-5-2-6-19-14/h2-7H,17H2,1H3. The number of aryl methyl sites for hydroxylation is 1. The van der Waals surface area contributed by atoms with E-state index >= 15 is 0 Å². The predicted octanol–water partition coefficient (Wildman–Crippen LogP) is 3.43. The maximum Gasteiger partial charge on any atom is 0.180 e. The zero-order valence-electron chi connectivity index (χ0n) is 11.1. The van der Waals surface area contributed by atoms with Crippen LogP contribution in [0.1, 0.15) is 0 Å². The molecule has 0 aliphatic carbocycles. The molecule has 0 unspecified atom stereocenters. The number of aromatic nitrogens is 4. The molecule has 3 aromatic rings.